The van der Waals surface area contributed by atoms with Crippen LogP contribution >= 0.6 is 0 Å². The zero-order valence-corrected chi connectivity index (χ0v) is 8.38. The summed E-state index contributed by atoms with van der Waals surface area (Å²) < 4.78 is 0. The molecule has 78 valence electrons. The van der Waals surface area contributed by atoms with Gasteiger partial charge in [-0.1, -0.05) is 5.92 Å². The summed E-state index contributed by atoms with van der Waals surface area (Å²) in [4.78, 5) is 13.5. The highest BCUT2D eigenvalue weighted by Crippen LogP contribution is 1.93. The van der Waals surface area contributed by atoms with Crippen LogP contribution < -0.4 is 10.6 Å². The van der Waals surface area contributed by atoms with E-state index in [4.69, 9.17) is 6.42 Å². The Morgan fingerprint density at radius 3 is 3.14 bits per heavy atom. The van der Waals surface area contributed by atoms with Crippen molar-refractivity contribution in [3.63, 3.8) is 0 Å². The third kappa shape index (κ3) is 4.26. The molecule has 1 rings (SSSR count). The number of carbonyl (C=O) groups excluding carboxylic acids is 1. The van der Waals surface area contributed by atoms with Crippen LogP contribution in [-0.4, -0.2) is 50.1 Å². The van der Waals surface area contributed by atoms with Crippen LogP contribution in [0.1, 0.15) is 6.42 Å². The zero-order valence-electron chi connectivity index (χ0n) is 8.38. The third-order valence-corrected chi connectivity index (χ3v) is 2.19. The van der Waals surface area contributed by atoms with Gasteiger partial charge in [0.05, 0.1) is 13.1 Å². The van der Waals surface area contributed by atoms with Crippen molar-refractivity contribution in [2.75, 3.05) is 39.3 Å². The van der Waals surface area contributed by atoms with E-state index in [9.17, 15) is 4.79 Å². The van der Waals surface area contributed by atoms with Gasteiger partial charge in [0.25, 0.3) is 0 Å². The molecule has 1 heterocycles. The molecule has 0 radical (unpaired) electrons. The lowest BCUT2D eigenvalue weighted by Crippen LogP contribution is -2.39. The number of hydrogen-bond acceptors (Lipinski definition) is 3. The molecule has 2 N–H and O–H groups in total. The predicted octanol–water partition coefficient (Wildman–Crippen LogP) is -0.969. The highest BCUT2D eigenvalue weighted by Gasteiger charge is 2.11. The van der Waals surface area contributed by atoms with Crippen molar-refractivity contribution in [1.82, 2.24) is 15.5 Å². The van der Waals surface area contributed by atoms with Crippen molar-refractivity contribution in [1.29, 1.82) is 0 Å². The molecule has 0 unspecified atom stereocenters. The van der Waals surface area contributed by atoms with E-state index in [0.717, 1.165) is 32.6 Å². The van der Waals surface area contributed by atoms with E-state index in [-0.39, 0.29) is 5.91 Å². The molecule has 0 bridgehead atoms. The molecule has 4 heteroatoms. The maximum Gasteiger partial charge on any atom is 0.234 e. The minimum absolute atomic E-state index is 0.0184. The lowest BCUT2D eigenvalue weighted by Gasteiger charge is -2.18. The summed E-state index contributed by atoms with van der Waals surface area (Å²) in [5.74, 6) is 2.40. The quantitative estimate of drug-likeness (QED) is 0.570. The van der Waals surface area contributed by atoms with Gasteiger partial charge in [0.15, 0.2) is 0 Å². The SMILES string of the molecule is C#CCNC(=O)CN1CCCNCC1. The van der Waals surface area contributed by atoms with Crippen molar-refractivity contribution in [3.05, 3.63) is 0 Å². The van der Waals surface area contributed by atoms with Crippen LogP contribution in [0, 0.1) is 12.3 Å². The van der Waals surface area contributed by atoms with Crippen LogP contribution in [0.2, 0.25) is 0 Å². The van der Waals surface area contributed by atoms with Crippen molar-refractivity contribution in [2.45, 2.75) is 6.42 Å². The fraction of sp³-hybridized carbons (Fsp3) is 0.700. The molecular formula is C10H17N3O. The molecule has 0 atom stereocenters. The highest BCUT2D eigenvalue weighted by atomic mass is 16.2. The largest absolute Gasteiger partial charge is 0.344 e. The summed E-state index contributed by atoms with van der Waals surface area (Å²) in [7, 11) is 0. The summed E-state index contributed by atoms with van der Waals surface area (Å²) in [6.07, 6.45) is 6.15. The van der Waals surface area contributed by atoms with Crippen molar-refractivity contribution in [2.24, 2.45) is 0 Å². The van der Waals surface area contributed by atoms with Gasteiger partial charge in [-0.3, -0.25) is 9.69 Å². The van der Waals surface area contributed by atoms with Crippen LogP contribution in [0.4, 0.5) is 0 Å². The van der Waals surface area contributed by atoms with Crippen molar-refractivity contribution >= 4 is 5.91 Å². The molecule has 0 saturated carbocycles. The molecule has 0 spiro atoms. The highest BCUT2D eigenvalue weighted by molar-refractivity contribution is 5.78. The van der Waals surface area contributed by atoms with E-state index in [0.29, 0.717) is 13.1 Å². The van der Waals surface area contributed by atoms with E-state index in [1.807, 2.05) is 0 Å². The number of hydrogen-bond donors (Lipinski definition) is 2. The predicted molar refractivity (Wildman–Crippen MR) is 55.8 cm³/mol. The van der Waals surface area contributed by atoms with E-state index in [1.54, 1.807) is 0 Å². The Bertz CT molecular complexity index is 214. The second-order valence-corrected chi connectivity index (χ2v) is 3.36. The van der Waals surface area contributed by atoms with Crippen LogP contribution in [-0.2, 0) is 4.79 Å². The number of nitrogens with one attached hydrogen (secondary N) is 2. The van der Waals surface area contributed by atoms with Gasteiger partial charge in [-0.25, -0.2) is 0 Å². The Hall–Kier alpha value is -1.05. The molecular weight excluding hydrogens is 178 g/mol. The molecule has 1 saturated heterocycles. The van der Waals surface area contributed by atoms with Crippen LogP contribution in [0.15, 0.2) is 0 Å². The molecule has 1 amide bonds. The van der Waals surface area contributed by atoms with E-state index >= 15 is 0 Å². The molecule has 0 aromatic carbocycles. The van der Waals surface area contributed by atoms with Gasteiger partial charge in [0.1, 0.15) is 0 Å². The minimum atomic E-state index is 0.0184. The van der Waals surface area contributed by atoms with Crippen LogP contribution in [0.25, 0.3) is 0 Å². The Balaban J connectivity index is 2.21. The first-order valence-electron chi connectivity index (χ1n) is 4.96. The molecule has 1 aliphatic rings. The smallest absolute Gasteiger partial charge is 0.234 e. The summed E-state index contributed by atoms with van der Waals surface area (Å²) in [5, 5.41) is 5.95. The first kappa shape index (κ1) is 11.0. The second kappa shape index (κ2) is 6.41. The average molecular weight is 195 g/mol. The topological polar surface area (TPSA) is 44.4 Å². The molecule has 0 aromatic rings. The van der Waals surface area contributed by atoms with Crippen molar-refractivity contribution < 1.29 is 4.79 Å². The summed E-state index contributed by atoms with van der Waals surface area (Å²) in [6.45, 7) is 4.71. The Morgan fingerprint density at radius 1 is 1.50 bits per heavy atom. The second-order valence-electron chi connectivity index (χ2n) is 3.36. The molecule has 4 nitrogen and oxygen atoms in total. The first-order valence-corrected chi connectivity index (χ1v) is 4.96. The summed E-state index contributed by atoms with van der Waals surface area (Å²) in [5.41, 5.74) is 0. The third-order valence-electron chi connectivity index (χ3n) is 2.19. The lowest BCUT2D eigenvalue weighted by molar-refractivity contribution is -0.121. The summed E-state index contributed by atoms with van der Waals surface area (Å²) >= 11 is 0. The van der Waals surface area contributed by atoms with E-state index in [2.05, 4.69) is 21.5 Å². The van der Waals surface area contributed by atoms with Gasteiger partial charge >= 0.3 is 0 Å². The van der Waals surface area contributed by atoms with Gasteiger partial charge < -0.3 is 10.6 Å². The molecule has 1 aliphatic heterocycles. The molecule has 0 aliphatic carbocycles. The van der Waals surface area contributed by atoms with Gasteiger partial charge in [0.2, 0.25) is 5.91 Å². The van der Waals surface area contributed by atoms with Gasteiger partial charge in [-0.15, -0.1) is 6.42 Å². The van der Waals surface area contributed by atoms with Gasteiger partial charge in [-0.05, 0) is 19.5 Å². The normalized spacial score (nSPS) is 18.2. The first-order chi connectivity index (χ1) is 6.83. The monoisotopic (exact) mass is 195 g/mol. The number of terminal acetylenes is 1. The maximum atomic E-state index is 11.3. The fourth-order valence-electron chi connectivity index (χ4n) is 1.47. The zero-order chi connectivity index (χ0) is 10.2. The molecule has 14 heavy (non-hydrogen) atoms. The number of carbonyl (C=O) groups is 1. The number of amides is 1. The molecule has 1 fully saturated rings. The van der Waals surface area contributed by atoms with Gasteiger partial charge in [0, 0.05) is 13.1 Å². The average Bonchev–Trinajstić information content (AvgIpc) is 2.43. The Kier molecular flexibility index (Phi) is 5.05. The van der Waals surface area contributed by atoms with Crippen LogP contribution in [0.3, 0.4) is 0 Å². The summed E-state index contributed by atoms with van der Waals surface area (Å²) in [6, 6.07) is 0. The Labute approximate surface area is 85.0 Å². The van der Waals surface area contributed by atoms with Gasteiger partial charge in [-0.2, -0.15) is 0 Å². The standard InChI is InChI=1S/C10H17N3O/c1-2-4-12-10(14)9-13-7-3-5-11-6-8-13/h1,11H,3-9H2,(H,12,14). The van der Waals surface area contributed by atoms with Crippen molar-refractivity contribution in [3.8, 4) is 12.3 Å². The van der Waals surface area contributed by atoms with E-state index in [1.165, 1.54) is 0 Å². The van der Waals surface area contributed by atoms with Crippen LogP contribution in [0.5, 0.6) is 0 Å². The maximum absolute atomic E-state index is 11.3. The number of rotatable bonds is 3. The Morgan fingerprint density at radius 2 is 2.36 bits per heavy atom. The molecule has 0 aromatic heterocycles. The minimum Gasteiger partial charge on any atom is -0.344 e. The fourth-order valence-corrected chi connectivity index (χ4v) is 1.47. The number of nitrogens with zero attached hydrogens (tertiary/aromatic N) is 1. The van der Waals surface area contributed by atoms with E-state index < -0.39 is 0 Å². The lowest BCUT2D eigenvalue weighted by atomic mass is 10.4.